The first-order valence-corrected chi connectivity index (χ1v) is 6.44. The van der Waals surface area contributed by atoms with Crippen LogP contribution in [0.1, 0.15) is 15.9 Å². The zero-order valence-corrected chi connectivity index (χ0v) is 11.8. The molecule has 0 aliphatic rings. The number of amides is 1. The molecule has 0 heterocycles. The number of carbonyl (C=O) groups is 1. The van der Waals surface area contributed by atoms with Gasteiger partial charge in [-0.25, -0.2) is 0 Å². The molecular weight excluding hydrogens is 276 g/mol. The van der Waals surface area contributed by atoms with Crippen molar-refractivity contribution in [2.24, 2.45) is 5.73 Å². The number of hydrogen-bond acceptors (Lipinski definition) is 3. The second-order valence-electron chi connectivity index (χ2n) is 4.26. The van der Waals surface area contributed by atoms with Gasteiger partial charge in [0.1, 0.15) is 5.75 Å². The monoisotopic (exact) mass is 290 g/mol. The van der Waals surface area contributed by atoms with Gasteiger partial charge in [-0.15, -0.1) is 0 Å². The van der Waals surface area contributed by atoms with Crippen LogP contribution < -0.4 is 15.8 Å². The molecule has 2 rings (SSSR count). The number of benzene rings is 2. The van der Waals surface area contributed by atoms with Crippen molar-refractivity contribution in [2.45, 2.75) is 6.54 Å². The van der Waals surface area contributed by atoms with Crippen molar-refractivity contribution in [3.05, 3.63) is 58.6 Å². The van der Waals surface area contributed by atoms with Gasteiger partial charge in [0.15, 0.2) is 0 Å². The number of primary amides is 1. The number of rotatable bonds is 5. The van der Waals surface area contributed by atoms with E-state index in [9.17, 15) is 4.79 Å². The number of anilines is 1. The molecule has 0 aliphatic carbocycles. The number of halogens is 1. The fourth-order valence-corrected chi connectivity index (χ4v) is 1.96. The lowest BCUT2D eigenvalue weighted by atomic mass is 10.1. The summed E-state index contributed by atoms with van der Waals surface area (Å²) in [5.74, 6) is 0.202. The van der Waals surface area contributed by atoms with Crippen LogP contribution in [0.5, 0.6) is 5.75 Å². The number of nitrogens with two attached hydrogens (primary N) is 1. The Balaban J connectivity index is 2.03. The summed E-state index contributed by atoms with van der Waals surface area (Å²) < 4.78 is 5.16. The van der Waals surface area contributed by atoms with Crippen LogP contribution >= 0.6 is 11.6 Å². The summed E-state index contributed by atoms with van der Waals surface area (Å²) in [6, 6.07) is 12.6. The Bertz CT molecular complexity index is 612. The van der Waals surface area contributed by atoms with E-state index < -0.39 is 5.91 Å². The molecule has 4 nitrogen and oxygen atoms in total. The topological polar surface area (TPSA) is 64.3 Å². The number of methoxy groups -OCH3 is 1. The van der Waals surface area contributed by atoms with Gasteiger partial charge in [-0.3, -0.25) is 4.79 Å². The minimum absolute atomic E-state index is 0.424. The fraction of sp³-hybridized carbons (Fsp3) is 0.133. The van der Waals surface area contributed by atoms with Crippen LogP contribution in [0.3, 0.4) is 0 Å². The molecule has 0 saturated carbocycles. The van der Waals surface area contributed by atoms with Gasteiger partial charge in [-0.05, 0) is 29.8 Å². The van der Waals surface area contributed by atoms with Crippen molar-refractivity contribution in [1.29, 1.82) is 0 Å². The third-order valence-corrected chi connectivity index (χ3v) is 3.20. The van der Waals surface area contributed by atoms with Gasteiger partial charge in [0.2, 0.25) is 5.91 Å². The zero-order valence-electron chi connectivity index (χ0n) is 11.0. The Morgan fingerprint density at radius 1 is 1.25 bits per heavy atom. The van der Waals surface area contributed by atoms with E-state index in [4.69, 9.17) is 22.1 Å². The van der Waals surface area contributed by atoms with E-state index >= 15 is 0 Å². The minimum Gasteiger partial charge on any atom is -0.495 e. The Kier molecular flexibility index (Phi) is 4.48. The summed E-state index contributed by atoms with van der Waals surface area (Å²) >= 11 is 5.96. The molecule has 0 aromatic heterocycles. The van der Waals surface area contributed by atoms with E-state index in [1.165, 1.54) is 0 Å². The molecule has 2 aromatic carbocycles. The lowest BCUT2D eigenvalue weighted by Crippen LogP contribution is -2.10. The van der Waals surface area contributed by atoms with Crippen LogP contribution in [0.15, 0.2) is 42.5 Å². The van der Waals surface area contributed by atoms with E-state index in [-0.39, 0.29) is 0 Å². The first kappa shape index (κ1) is 14.2. The summed E-state index contributed by atoms with van der Waals surface area (Å²) in [7, 11) is 1.58. The zero-order chi connectivity index (χ0) is 14.5. The van der Waals surface area contributed by atoms with Gasteiger partial charge in [0, 0.05) is 23.9 Å². The Labute approximate surface area is 122 Å². The summed E-state index contributed by atoms with van der Waals surface area (Å²) in [6.45, 7) is 0.629. The van der Waals surface area contributed by atoms with Crippen molar-refractivity contribution in [3.63, 3.8) is 0 Å². The summed E-state index contributed by atoms with van der Waals surface area (Å²) in [6.07, 6.45) is 0. The minimum atomic E-state index is -0.424. The molecule has 0 atom stereocenters. The van der Waals surface area contributed by atoms with Crippen LogP contribution in [0, 0.1) is 0 Å². The predicted octanol–water partition coefficient (Wildman–Crippen LogP) is 3.06. The number of hydrogen-bond donors (Lipinski definition) is 2. The third-order valence-electron chi connectivity index (χ3n) is 2.89. The SMILES string of the molecule is COc1cc(NCc2ccc(C(N)=O)cc2)ccc1Cl. The number of ether oxygens (including phenoxy) is 1. The molecular formula is C15H15ClN2O2. The predicted molar refractivity (Wildman–Crippen MR) is 80.3 cm³/mol. The van der Waals surface area contributed by atoms with Gasteiger partial charge in [-0.1, -0.05) is 23.7 Å². The number of carbonyl (C=O) groups excluding carboxylic acids is 1. The highest BCUT2D eigenvalue weighted by Crippen LogP contribution is 2.27. The molecule has 0 radical (unpaired) electrons. The highest BCUT2D eigenvalue weighted by atomic mass is 35.5. The van der Waals surface area contributed by atoms with Crippen LogP contribution in [-0.2, 0) is 6.54 Å². The molecule has 0 spiro atoms. The van der Waals surface area contributed by atoms with Crippen molar-refractivity contribution >= 4 is 23.2 Å². The maximum atomic E-state index is 11.0. The van der Waals surface area contributed by atoms with Crippen LogP contribution in [-0.4, -0.2) is 13.0 Å². The Hall–Kier alpha value is -2.20. The summed E-state index contributed by atoms with van der Waals surface area (Å²) in [5, 5.41) is 3.83. The maximum absolute atomic E-state index is 11.0. The van der Waals surface area contributed by atoms with Gasteiger partial charge < -0.3 is 15.8 Å². The standard InChI is InChI=1S/C15H15ClN2O2/c1-20-14-8-12(6-7-13(14)16)18-9-10-2-4-11(5-3-10)15(17)19/h2-8,18H,9H2,1H3,(H2,17,19). The summed E-state index contributed by atoms with van der Waals surface area (Å²) in [4.78, 5) is 11.0. The smallest absolute Gasteiger partial charge is 0.248 e. The van der Waals surface area contributed by atoms with Gasteiger partial charge in [0.05, 0.1) is 12.1 Å². The van der Waals surface area contributed by atoms with E-state index in [2.05, 4.69) is 5.32 Å². The van der Waals surface area contributed by atoms with Crippen molar-refractivity contribution in [3.8, 4) is 5.75 Å². The third kappa shape index (κ3) is 3.42. The number of nitrogens with one attached hydrogen (secondary N) is 1. The molecule has 0 aliphatic heterocycles. The molecule has 0 bridgehead atoms. The Morgan fingerprint density at radius 2 is 1.95 bits per heavy atom. The van der Waals surface area contributed by atoms with Crippen LogP contribution in [0.4, 0.5) is 5.69 Å². The highest BCUT2D eigenvalue weighted by molar-refractivity contribution is 6.32. The summed E-state index contributed by atoms with van der Waals surface area (Å²) in [5.41, 5.74) is 7.65. The molecule has 20 heavy (non-hydrogen) atoms. The highest BCUT2D eigenvalue weighted by Gasteiger charge is 2.03. The van der Waals surface area contributed by atoms with Gasteiger partial charge in [0.25, 0.3) is 0 Å². The molecule has 3 N–H and O–H groups in total. The molecule has 0 fully saturated rings. The lowest BCUT2D eigenvalue weighted by molar-refractivity contribution is 0.100. The molecule has 1 amide bonds. The van der Waals surface area contributed by atoms with E-state index in [1.54, 1.807) is 25.3 Å². The normalized spacial score (nSPS) is 10.1. The first-order valence-electron chi connectivity index (χ1n) is 6.06. The average Bonchev–Trinajstić information content (AvgIpc) is 2.46. The Morgan fingerprint density at radius 3 is 2.55 bits per heavy atom. The average molecular weight is 291 g/mol. The van der Waals surface area contributed by atoms with Crippen molar-refractivity contribution < 1.29 is 9.53 Å². The fourth-order valence-electron chi connectivity index (χ4n) is 1.76. The van der Waals surface area contributed by atoms with Gasteiger partial charge in [-0.2, -0.15) is 0 Å². The molecule has 5 heteroatoms. The maximum Gasteiger partial charge on any atom is 0.248 e. The van der Waals surface area contributed by atoms with Crippen molar-refractivity contribution in [1.82, 2.24) is 0 Å². The second kappa shape index (κ2) is 6.30. The van der Waals surface area contributed by atoms with E-state index in [0.717, 1.165) is 11.3 Å². The van der Waals surface area contributed by atoms with Crippen LogP contribution in [0.2, 0.25) is 5.02 Å². The van der Waals surface area contributed by atoms with E-state index in [0.29, 0.717) is 22.9 Å². The van der Waals surface area contributed by atoms with Crippen LogP contribution in [0.25, 0.3) is 0 Å². The van der Waals surface area contributed by atoms with E-state index in [1.807, 2.05) is 24.3 Å². The largest absolute Gasteiger partial charge is 0.495 e. The second-order valence-corrected chi connectivity index (χ2v) is 4.67. The molecule has 104 valence electrons. The van der Waals surface area contributed by atoms with Crippen molar-refractivity contribution in [2.75, 3.05) is 12.4 Å². The molecule has 0 saturated heterocycles. The molecule has 0 unspecified atom stereocenters. The first-order chi connectivity index (χ1) is 9.60. The molecule has 2 aromatic rings. The van der Waals surface area contributed by atoms with Gasteiger partial charge >= 0.3 is 0 Å². The quantitative estimate of drug-likeness (QED) is 0.889. The lowest BCUT2D eigenvalue weighted by Gasteiger charge is -2.09.